The van der Waals surface area contributed by atoms with Gasteiger partial charge >= 0.3 is 41.5 Å². The first-order chi connectivity index (χ1) is 16.4. The molecule has 192 valence electrons. The monoisotopic (exact) mass is 577 g/mol. The number of nitrogens with zero attached hydrogens (tertiary/aromatic N) is 3. The fourth-order valence-corrected chi connectivity index (χ4v) is 4.20. The summed E-state index contributed by atoms with van der Waals surface area (Å²) in [5.41, 5.74) is -0.647. The van der Waals surface area contributed by atoms with Crippen molar-refractivity contribution in [1.82, 2.24) is 14.6 Å². The van der Waals surface area contributed by atoms with Crippen molar-refractivity contribution in [3.8, 4) is 0 Å². The molecule has 20 heteroatoms. The van der Waals surface area contributed by atoms with Crippen molar-refractivity contribution in [1.29, 1.82) is 0 Å². The number of oxime groups is 1. The Hall–Kier alpha value is -2.35. The second-order valence-electron chi connectivity index (χ2n) is 6.24. The van der Waals surface area contributed by atoms with E-state index in [1.54, 1.807) is 0 Å². The maximum absolute atomic E-state index is 12.8. The zero-order chi connectivity index (χ0) is 26.3. The van der Waals surface area contributed by atoms with Gasteiger partial charge in [-0.15, -0.1) is 22.9 Å². The first kappa shape index (κ1) is 31.7. The van der Waals surface area contributed by atoms with E-state index in [0.29, 0.717) is 0 Å². The molecule has 2 unspecified atom stereocenters. The van der Waals surface area contributed by atoms with E-state index in [4.69, 9.17) is 11.6 Å². The average molecular weight is 578 g/mol. The van der Waals surface area contributed by atoms with Crippen LogP contribution in [0.15, 0.2) is 10.5 Å². The molecule has 0 bridgehead atoms. The molecule has 2 heterocycles. The molecule has 1 fully saturated rings. The Morgan fingerprint density at radius 2 is 1.97 bits per heavy atom. The number of ether oxygens (including phenoxy) is 2. The van der Waals surface area contributed by atoms with Crippen LogP contribution < -0.4 is 40.2 Å². The predicted molar refractivity (Wildman–Crippen MR) is 115 cm³/mol. The summed E-state index contributed by atoms with van der Waals surface area (Å²) in [5, 5.41) is 9.23. The van der Waals surface area contributed by atoms with Crippen LogP contribution in [0.25, 0.3) is 0 Å². The summed E-state index contributed by atoms with van der Waals surface area (Å²) in [6, 6.07) is -3.96. The Morgan fingerprint density at radius 3 is 2.53 bits per heavy atom. The summed E-state index contributed by atoms with van der Waals surface area (Å²) in [6.07, 6.45) is 0. The molecule has 0 aliphatic carbocycles. The summed E-state index contributed by atoms with van der Waals surface area (Å²) < 4.78 is 43.1. The van der Waals surface area contributed by atoms with Gasteiger partial charge in [0.1, 0.15) is 24.7 Å². The molecular weight excluding hydrogens is 561 g/mol. The molecule has 36 heavy (non-hydrogen) atoms. The van der Waals surface area contributed by atoms with E-state index in [1.165, 1.54) is 12.3 Å². The van der Waals surface area contributed by atoms with Crippen molar-refractivity contribution in [2.75, 3.05) is 31.5 Å². The Morgan fingerprint density at radius 1 is 1.31 bits per heavy atom. The standard InChI is InChI=1S/C16H18ClN5O11S2.Na/c1-3-32-9(24)5-33-15(27)12-11(14(26)22(12)35(28,29)30)20-13(25)10(21-31-2)7-6-34-16(18-7)19-8(23)4-17;/h6,11-12H,3-5H2,1-2H3,(H,20,25)(H,18,19,23)(H,28,29,30);/q;+1/p-1. The smallest absolute Gasteiger partial charge is 0.731 e. The summed E-state index contributed by atoms with van der Waals surface area (Å²) in [5.74, 6) is -5.96. The van der Waals surface area contributed by atoms with Gasteiger partial charge in [-0.1, -0.05) is 5.16 Å². The number of β-lactam (4-membered cyclic amide) rings is 1. The number of esters is 2. The predicted octanol–water partition coefficient (Wildman–Crippen LogP) is -5.06. The number of carbonyl (C=O) groups is 5. The van der Waals surface area contributed by atoms with Gasteiger partial charge in [-0.05, 0) is 6.92 Å². The third-order valence-electron chi connectivity index (χ3n) is 3.97. The van der Waals surface area contributed by atoms with E-state index in [2.05, 4.69) is 35.1 Å². The van der Waals surface area contributed by atoms with Crippen LogP contribution >= 0.6 is 22.9 Å². The fraction of sp³-hybridized carbons (Fsp3) is 0.438. The number of halogens is 1. The summed E-state index contributed by atoms with van der Waals surface area (Å²) in [4.78, 5) is 68.7. The van der Waals surface area contributed by atoms with Crippen molar-refractivity contribution in [2.24, 2.45) is 5.16 Å². The molecule has 1 saturated heterocycles. The van der Waals surface area contributed by atoms with E-state index < -0.39 is 64.4 Å². The Labute approximate surface area is 234 Å². The molecule has 1 aromatic rings. The number of hydrogen-bond donors (Lipinski definition) is 2. The topological polar surface area (TPSA) is 223 Å². The van der Waals surface area contributed by atoms with Gasteiger partial charge in [0.15, 0.2) is 33.8 Å². The zero-order valence-corrected chi connectivity index (χ0v) is 23.3. The SMILES string of the molecule is CCOC(=O)COC(=O)C1C(NC(=O)C(=NOC)c2csc(NC(=O)CCl)n2)C(=O)N1S(=O)(=O)[O-].[Na+]. The Kier molecular flexibility index (Phi) is 12.2. The zero-order valence-electron chi connectivity index (χ0n) is 18.9. The van der Waals surface area contributed by atoms with Gasteiger partial charge in [-0.2, -0.15) is 0 Å². The summed E-state index contributed by atoms with van der Waals surface area (Å²) in [7, 11) is -4.38. The van der Waals surface area contributed by atoms with E-state index in [-0.39, 0.29) is 57.2 Å². The Balaban J connectivity index is 0.00000648. The number of thiazole rings is 1. The molecule has 0 aromatic carbocycles. The van der Waals surface area contributed by atoms with Crippen LogP contribution in [0.3, 0.4) is 0 Å². The number of rotatable bonds is 11. The van der Waals surface area contributed by atoms with Crippen molar-refractivity contribution >= 4 is 73.7 Å². The number of aromatic nitrogens is 1. The van der Waals surface area contributed by atoms with Gasteiger partial charge in [0.25, 0.3) is 11.8 Å². The number of hydrogen-bond acceptors (Lipinski definition) is 14. The largest absolute Gasteiger partial charge is 1.00 e. The van der Waals surface area contributed by atoms with Crippen LogP contribution in [0, 0.1) is 0 Å². The maximum atomic E-state index is 12.8. The quantitative estimate of drug-likeness (QED) is 0.0479. The number of amides is 3. The van der Waals surface area contributed by atoms with Gasteiger partial charge in [-0.3, -0.25) is 14.4 Å². The second kappa shape index (κ2) is 13.8. The molecule has 1 aromatic heterocycles. The fourth-order valence-electron chi connectivity index (χ4n) is 2.60. The minimum Gasteiger partial charge on any atom is -0.731 e. The van der Waals surface area contributed by atoms with Gasteiger partial charge in [0.2, 0.25) is 5.91 Å². The van der Waals surface area contributed by atoms with Gasteiger partial charge in [0.05, 0.1) is 6.61 Å². The van der Waals surface area contributed by atoms with Crippen LogP contribution in [0.1, 0.15) is 12.6 Å². The average Bonchev–Trinajstić information content (AvgIpc) is 3.24. The maximum Gasteiger partial charge on any atom is 1.00 e. The number of nitrogens with one attached hydrogen (secondary N) is 2. The van der Waals surface area contributed by atoms with Crippen molar-refractivity contribution in [2.45, 2.75) is 19.0 Å². The van der Waals surface area contributed by atoms with Crippen LogP contribution in [-0.2, 0) is 48.6 Å². The van der Waals surface area contributed by atoms with E-state index in [9.17, 15) is 36.9 Å². The summed E-state index contributed by atoms with van der Waals surface area (Å²) in [6.45, 7) is 0.516. The number of anilines is 1. The number of alkyl halides is 1. The molecule has 16 nitrogen and oxygen atoms in total. The first-order valence-corrected chi connectivity index (χ1v) is 12.1. The normalized spacial score (nSPS) is 17.3. The number of carbonyl (C=O) groups excluding carboxylic acids is 5. The summed E-state index contributed by atoms with van der Waals surface area (Å²) >= 11 is 6.29. The third kappa shape index (κ3) is 7.82. The van der Waals surface area contributed by atoms with E-state index in [0.717, 1.165) is 18.4 Å². The molecule has 0 radical (unpaired) electrons. The molecule has 3 amide bonds. The first-order valence-electron chi connectivity index (χ1n) is 9.29. The molecule has 2 N–H and O–H groups in total. The third-order valence-corrected chi connectivity index (χ3v) is 5.86. The van der Waals surface area contributed by atoms with Gasteiger partial charge in [-0.25, -0.2) is 27.3 Å². The van der Waals surface area contributed by atoms with Gasteiger partial charge < -0.3 is 29.5 Å². The van der Waals surface area contributed by atoms with Crippen LogP contribution in [0.5, 0.6) is 0 Å². The molecule has 1 aliphatic heterocycles. The molecule has 0 saturated carbocycles. The Bertz CT molecular complexity index is 1160. The van der Waals surface area contributed by atoms with Crippen molar-refractivity contribution < 1.29 is 80.8 Å². The van der Waals surface area contributed by atoms with Gasteiger partial charge in [0, 0.05) is 5.38 Å². The molecule has 2 rings (SSSR count). The molecule has 2 atom stereocenters. The minimum absolute atomic E-state index is 0. The molecular formula is C16H17ClN5NaO11S2. The van der Waals surface area contributed by atoms with Crippen LogP contribution in [0.2, 0.25) is 0 Å². The van der Waals surface area contributed by atoms with Crippen LogP contribution in [-0.4, -0.2) is 95.9 Å². The van der Waals surface area contributed by atoms with Crippen molar-refractivity contribution in [3.63, 3.8) is 0 Å². The molecule has 0 spiro atoms. The second-order valence-corrected chi connectivity index (χ2v) is 8.62. The molecule has 1 aliphatic rings. The van der Waals surface area contributed by atoms with E-state index in [1.807, 2.05) is 0 Å². The minimum atomic E-state index is -5.47. The van der Waals surface area contributed by atoms with E-state index >= 15 is 0 Å². The van der Waals surface area contributed by atoms with Crippen LogP contribution in [0.4, 0.5) is 5.13 Å². The van der Waals surface area contributed by atoms with Crippen molar-refractivity contribution in [3.05, 3.63) is 11.1 Å².